The molecule has 0 aliphatic heterocycles. The molecule has 1 unspecified atom stereocenters. The van der Waals surface area contributed by atoms with Crippen molar-refractivity contribution < 1.29 is 29.0 Å². The lowest BCUT2D eigenvalue weighted by Gasteiger charge is -2.47. The third kappa shape index (κ3) is 10.3. The molecule has 5 aromatic rings. The van der Waals surface area contributed by atoms with Gasteiger partial charge in [-0.1, -0.05) is 61.8 Å². The Labute approximate surface area is 387 Å². The van der Waals surface area contributed by atoms with E-state index in [0.717, 1.165) is 66.0 Å². The minimum atomic E-state index is -1.12. The van der Waals surface area contributed by atoms with Gasteiger partial charge in [-0.15, -0.1) is 0 Å². The quantitative estimate of drug-likeness (QED) is 0.0669. The van der Waals surface area contributed by atoms with Crippen LogP contribution in [0.5, 0.6) is 11.5 Å². The van der Waals surface area contributed by atoms with E-state index in [4.69, 9.17) is 21.1 Å². The number of halogens is 1. The lowest BCUT2D eigenvalue weighted by Crippen LogP contribution is -2.53. The highest BCUT2D eigenvalue weighted by molar-refractivity contribution is 6.30. The van der Waals surface area contributed by atoms with Gasteiger partial charge in [0.2, 0.25) is 5.91 Å². The number of rotatable bonds is 17. The van der Waals surface area contributed by atoms with Crippen molar-refractivity contribution in [2.45, 2.75) is 108 Å². The third-order valence-corrected chi connectivity index (χ3v) is 14.3. The number of carbonyl (C=O) groups is 3. The zero-order valence-corrected chi connectivity index (χ0v) is 38.4. The molecule has 8 rings (SSSR count). The molecular formula is C53H60ClN5O6. The average molecular weight is 899 g/mol. The van der Waals surface area contributed by atoms with Gasteiger partial charge in [-0.3, -0.25) is 19.6 Å². The molecule has 65 heavy (non-hydrogen) atoms. The number of anilines is 1. The van der Waals surface area contributed by atoms with Gasteiger partial charge in [0, 0.05) is 59.9 Å². The molecule has 1 fully saturated rings. The molecule has 2 aromatic heterocycles. The second-order valence-electron chi connectivity index (χ2n) is 18.5. The van der Waals surface area contributed by atoms with Crippen molar-refractivity contribution in [2.75, 3.05) is 25.6 Å². The smallest absolute Gasteiger partial charge is 0.329 e. The fraction of sp³-hybridized carbons (Fsp3) is 0.415. The maximum atomic E-state index is 13.1. The molecule has 2 amide bonds. The van der Waals surface area contributed by atoms with E-state index in [9.17, 15) is 19.5 Å². The minimum absolute atomic E-state index is 0.0571. The first kappa shape index (κ1) is 45.6. The van der Waals surface area contributed by atoms with Crippen LogP contribution in [0, 0.1) is 11.8 Å². The zero-order valence-electron chi connectivity index (χ0n) is 37.6. The minimum Gasteiger partial charge on any atom is -0.494 e. The van der Waals surface area contributed by atoms with E-state index in [-0.39, 0.29) is 23.1 Å². The lowest BCUT2D eigenvalue weighted by molar-refractivity contribution is -0.144. The number of benzene rings is 3. The van der Waals surface area contributed by atoms with Gasteiger partial charge >= 0.3 is 5.97 Å². The van der Waals surface area contributed by atoms with E-state index >= 15 is 0 Å². The first-order chi connectivity index (χ1) is 31.4. The number of fused-ring (bicyclic) bond motifs is 3. The maximum absolute atomic E-state index is 13.1. The van der Waals surface area contributed by atoms with Crippen LogP contribution in [0.25, 0.3) is 11.1 Å². The zero-order chi connectivity index (χ0) is 45.6. The van der Waals surface area contributed by atoms with Crippen LogP contribution in [0.4, 0.5) is 5.69 Å². The van der Waals surface area contributed by atoms with Crippen molar-refractivity contribution in [1.29, 1.82) is 0 Å². The van der Waals surface area contributed by atoms with Crippen molar-refractivity contribution in [1.82, 2.24) is 20.6 Å². The highest BCUT2D eigenvalue weighted by Gasteiger charge is 2.54. The Bertz CT molecular complexity index is 2500. The summed E-state index contributed by atoms with van der Waals surface area (Å²) in [5.74, 6) is 1.57. The van der Waals surface area contributed by atoms with E-state index in [0.29, 0.717) is 86.5 Å². The Morgan fingerprint density at radius 2 is 1.77 bits per heavy atom. The number of carboxylic acids is 1. The summed E-state index contributed by atoms with van der Waals surface area (Å²) in [6, 6.07) is 27.2. The Hall–Kier alpha value is -5.94. The molecule has 0 saturated heterocycles. The molecule has 11 nitrogen and oxygen atoms in total. The first-order valence-electron chi connectivity index (χ1n) is 23.1. The van der Waals surface area contributed by atoms with Gasteiger partial charge in [0.05, 0.1) is 13.2 Å². The molecular weight excluding hydrogens is 838 g/mol. The molecule has 1 spiro atoms. The summed E-state index contributed by atoms with van der Waals surface area (Å²) in [7, 11) is 1.57. The number of nitrogens with zero attached hydrogens (tertiary/aromatic N) is 2. The fourth-order valence-corrected chi connectivity index (χ4v) is 10.8. The largest absolute Gasteiger partial charge is 0.494 e. The molecule has 3 aliphatic rings. The fourth-order valence-electron chi connectivity index (χ4n) is 10.6. The van der Waals surface area contributed by atoms with Gasteiger partial charge in [-0.05, 0) is 158 Å². The van der Waals surface area contributed by atoms with Crippen LogP contribution in [-0.4, -0.2) is 58.7 Å². The molecule has 0 bridgehead atoms. The van der Waals surface area contributed by atoms with Crippen molar-refractivity contribution in [3.63, 3.8) is 0 Å². The first-order valence-corrected chi connectivity index (χ1v) is 23.5. The number of amides is 2. The molecule has 3 aliphatic carbocycles. The van der Waals surface area contributed by atoms with E-state index in [1.54, 1.807) is 31.4 Å². The van der Waals surface area contributed by atoms with E-state index in [1.807, 2.05) is 60.8 Å². The summed E-state index contributed by atoms with van der Waals surface area (Å²) in [6.07, 6.45) is 11.9. The molecule has 12 heteroatoms. The Kier molecular flexibility index (Phi) is 14.1. The number of aryl methyl sites for hydroxylation is 1. The van der Waals surface area contributed by atoms with Crippen molar-refractivity contribution >= 4 is 35.1 Å². The predicted octanol–water partition coefficient (Wildman–Crippen LogP) is 10.1. The summed E-state index contributed by atoms with van der Waals surface area (Å²) in [5, 5.41) is 20.3. The number of pyridine rings is 2. The summed E-state index contributed by atoms with van der Waals surface area (Å²) >= 11 is 6.32. The van der Waals surface area contributed by atoms with Crippen molar-refractivity contribution in [2.24, 2.45) is 11.8 Å². The predicted molar refractivity (Wildman–Crippen MR) is 254 cm³/mol. The standard InChI is InChI=1S/C53H60ClN5O6/c1-34(33-65-47-19-24-56-45-13-4-8-35(2)49(45)47)26-40-28-38-15-17-43(30-44(38)52(40)20-22-53(23-21-52,51(62)63)59-42-12-6-11-41(54)29-42)64-25-7-14-48(60)58-31-36-9-5-10-37(27-36)39-16-18-46(57-32-39)50(61)55-3/h5-6,9-12,15-19,24,27,29-30,32,34-35,40,59H,4,7-8,13-14,20-23,25-26,28,31,33H2,1-3H3,(H,55,61)(H,58,60)(H,62,63)/t34-,35-,40?,52?,53?/m1/s1. The van der Waals surface area contributed by atoms with Crippen LogP contribution in [0.2, 0.25) is 5.02 Å². The Morgan fingerprint density at radius 1 is 0.938 bits per heavy atom. The molecule has 3 aromatic carbocycles. The number of nitrogens with one attached hydrogen (secondary N) is 3. The van der Waals surface area contributed by atoms with E-state index < -0.39 is 11.5 Å². The second kappa shape index (κ2) is 20.1. The molecule has 4 N–H and O–H groups in total. The highest BCUT2D eigenvalue weighted by atomic mass is 35.5. The van der Waals surface area contributed by atoms with Gasteiger partial charge in [0.15, 0.2) is 0 Å². The normalized spacial score (nSPS) is 21.4. The van der Waals surface area contributed by atoms with Crippen LogP contribution in [-0.2, 0) is 34.4 Å². The molecule has 340 valence electrons. The van der Waals surface area contributed by atoms with Gasteiger partial charge < -0.3 is 30.5 Å². The lowest BCUT2D eigenvalue weighted by atomic mass is 9.59. The monoisotopic (exact) mass is 897 g/mol. The average Bonchev–Trinajstić information content (AvgIpc) is 3.60. The van der Waals surface area contributed by atoms with Crippen LogP contribution < -0.4 is 25.4 Å². The topological polar surface area (TPSA) is 152 Å². The van der Waals surface area contributed by atoms with Gasteiger partial charge in [-0.2, -0.15) is 0 Å². The van der Waals surface area contributed by atoms with Gasteiger partial charge in [0.25, 0.3) is 5.91 Å². The maximum Gasteiger partial charge on any atom is 0.329 e. The number of ether oxygens (including phenoxy) is 2. The van der Waals surface area contributed by atoms with Crippen LogP contribution >= 0.6 is 11.6 Å². The number of aromatic nitrogens is 2. The highest BCUT2D eigenvalue weighted by Crippen LogP contribution is 2.57. The molecule has 0 radical (unpaired) electrons. The van der Waals surface area contributed by atoms with Gasteiger partial charge in [-0.25, -0.2) is 4.79 Å². The Morgan fingerprint density at radius 3 is 2.54 bits per heavy atom. The van der Waals surface area contributed by atoms with Crippen LogP contribution in [0.15, 0.2) is 97.3 Å². The van der Waals surface area contributed by atoms with Crippen LogP contribution in [0.3, 0.4) is 0 Å². The molecule has 3 atom stereocenters. The third-order valence-electron chi connectivity index (χ3n) is 14.1. The van der Waals surface area contributed by atoms with Crippen LogP contribution in [0.1, 0.15) is 116 Å². The SMILES string of the molecule is CNC(=O)c1ccc(-c2cccc(CNC(=O)CCCOc3ccc4c(c3)C3(CCC(Nc5cccc(Cl)c5)(C(=O)O)CC3)C(C[C@@H](C)COc3ccnc5c3[C@H](C)CCC5)C4)c2)cn1. The molecule has 1 saturated carbocycles. The summed E-state index contributed by atoms with van der Waals surface area (Å²) in [4.78, 5) is 46.9. The second-order valence-corrected chi connectivity index (χ2v) is 18.9. The summed E-state index contributed by atoms with van der Waals surface area (Å²) < 4.78 is 12.9. The Balaban J connectivity index is 0.911. The van der Waals surface area contributed by atoms with E-state index in [2.05, 4.69) is 51.9 Å². The number of hydrogen-bond acceptors (Lipinski definition) is 8. The number of hydrogen-bond donors (Lipinski definition) is 4. The number of carbonyl (C=O) groups excluding carboxylic acids is 2. The summed E-state index contributed by atoms with van der Waals surface area (Å²) in [5.41, 5.74) is 7.47. The van der Waals surface area contributed by atoms with Crippen molar-refractivity contribution in [3.8, 4) is 22.6 Å². The van der Waals surface area contributed by atoms with Gasteiger partial charge in [0.1, 0.15) is 22.7 Å². The number of carboxylic acid groups (broad SMARTS) is 1. The van der Waals surface area contributed by atoms with E-state index in [1.165, 1.54) is 16.7 Å². The molecule has 2 heterocycles. The summed E-state index contributed by atoms with van der Waals surface area (Å²) in [6.45, 7) is 5.92. The number of aliphatic carboxylic acids is 1. The van der Waals surface area contributed by atoms with Crippen molar-refractivity contribution in [3.05, 3.63) is 136 Å².